The summed E-state index contributed by atoms with van der Waals surface area (Å²) in [5.41, 5.74) is 2.61. The van der Waals surface area contributed by atoms with Crippen LogP contribution in [0.5, 0.6) is 0 Å². The Morgan fingerprint density at radius 3 is 2.59 bits per heavy atom. The largest absolute Gasteiger partial charge is 0.262 e. The number of pyridine rings is 1. The minimum atomic E-state index is 0.240. The molecular weight excluding hydrogens is 234 g/mol. The number of halogens is 1. The van der Waals surface area contributed by atoms with E-state index in [4.69, 9.17) is 11.6 Å². The molecule has 1 aromatic carbocycles. The SMILES string of the molecule is Clc1nc(-c2ccccc2)c2ccncc2n1. The van der Waals surface area contributed by atoms with Gasteiger partial charge in [-0.05, 0) is 17.7 Å². The summed E-state index contributed by atoms with van der Waals surface area (Å²) in [6, 6.07) is 11.8. The van der Waals surface area contributed by atoms with E-state index in [0.717, 1.165) is 22.2 Å². The minimum Gasteiger partial charge on any atom is -0.262 e. The van der Waals surface area contributed by atoms with Crippen molar-refractivity contribution in [3.63, 3.8) is 0 Å². The Bertz CT molecular complexity index is 668. The highest BCUT2D eigenvalue weighted by atomic mass is 35.5. The van der Waals surface area contributed by atoms with Crippen molar-refractivity contribution in [2.24, 2.45) is 0 Å². The zero-order valence-corrected chi connectivity index (χ0v) is 9.59. The monoisotopic (exact) mass is 241 g/mol. The van der Waals surface area contributed by atoms with Crippen LogP contribution in [-0.4, -0.2) is 15.0 Å². The first kappa shape index (κ1) is 10.2. The molecule has 0 N–H and O–H groups in total. The van der Waals surface area contributed by atoms with E-state index < -0.39 is 0 Å². The molecule has 0 aliphatic rings. The van der Waals surface area contributed by atoms with Crippen molar-refractivity contribution in [1.82, 2.24) is 15.0 Å². The highest BCUT2D eigenvalue weighted by molar-refractivity contribution is 6.28. The minimum absolute atomic E-state index is 0.240. The van der Waals surface area contributed by atoms with Crippen molar-refractivity contribution in [2.75, 3.05) is 0 Å². The molecule has 2 heterocycles. The van der Waals surface area contributed by atoms with E-state index in [1.165, 1.54) is 0 Å². The van der Waals surface area contributed by atoms with Crippen LogP contribution in [-0.2, 0) is 0 Å². The molecule has 0 amide bonds. The number of hydrogen-bond acceptors (Lipinski definition) is 3. The van der Waals surface area contributed by atoms with Gasteiger partial charge >= 0.3 is 0 Å². The molecule has 0 radical (unpaired) electrons. The fourth-order valence-corrected chi connectivity index (χ4v) is 1.94. The van der Waals surface area contributed by atoms with Crippen molar-refractivity contribution in [3.05, 3.63) is 54.1 Å². The van der Waals surface area contributed by atoms with Gasteiger partial charge < -0.3 is 0 Å². The maximum Gasteiger partial charge on any atom is 0.223 e. The second-order valence-electron chi connectivity index (χ2n) is 3.60. The summed E-state index contributed by atoms with van der Waals surface area (Å²) in [4.78, 5) is 12.5. The quantitative estimate of drug-likeness (QED) is 0.614. The summed E-state index contributed by atoms with van der Waals surface area (Å²) >= 11 is 5.92. The maximum atomic E-state index is 5.92. The molecule has 4 heteroatoms. The van der Waals surface area contributed by atoms with E-state index in [1.54, 1.807) is 12.4 Å². The molecule has 0 aliphatic heterocycles. The van der Waals surface area contributed by atoms with Crippen molar-refractivity contribution >= 4 is 22.5 Å². The number of benzene rings is 1. The second-order valence-corrected chi connectivity index (χ2v) is 3.94. The third-order valence-corrected chi connectivity index (χ3v) is 2.69. The molecule has 0 aliphatic carbocycles. The van der Waals surface area contributed by atoms with Gasteiger partial charge in [-0.25, -0.2) is 9.97 Å². The van der Waals surface area contributed by atoms with Gasteiger partial charge in [0.2, 0.25) is 5.28 Å². The van der Waals surface area contributed by atoms with Crippen LogP contribution in [0.1, 0.15) is 0 Å². The van der Waals surface area contributed by atoms with Gasteiger partial charge in [-0.1, -0.05) is 30.3 Å². The average molecular weight is 242 g/mol. The fourth-order valence-electron chi connectivity index (χ4n) is 1.77. The molecule has 0 atom stereocenters. The van der Waals surface area contributed by atoms with Gasteiger partial charge in [0, 0.05) is 17.1 Å². The molecule has 82 valence electrons. The van der Waals surface area contributed by atoms with Crippen LogP contribution in [0.15, 0.2) is 48.8 Å². The summed E-state index contributed by atoms with van der Waals surface area (Å²) in [6.07, 6.45) is 3.42. The first-order chi connectivity index (χ1) is 8.34. The van der Waals surface area contributed by atoms with Crippen LogP contribution in [0.25, 0.3) is 22.2 Å². The maximum absolute atomic E-state index is 5.92. The Labute approximate surface area is 103 Å². The number of fused-ring (bicyclic) bond motifs is 1. The molecule has 2 aromatic heterocycles. The van der Waals surface area contributed by atoms with Gasteiger partial charge in [0.15, 0.2) is 0 Å². The van der Waals surface area contributed by atoms with E-state index in [-0.39, 0.29) is 5.28 Å². The first-order valence-corrected chi connectivity index (χ1v) is 5.55. The zero-order chi connectivity index (χ0) is 11.7. The van der Waals surface area contributed by atoms with E-state index in [1.807, 2.05) is 36.4 Å². The van der Waals surface area contributed by atoms with Crippen LogP contribution in [0, 0.1) is 0 Å². The molecule has 0 saturated heterocycles. The smallest absolute Gasteiger partial charge is 0.223 e. The van der Waals surface area contributed by atoms with Crippen LogP contribution in [0.3, 0.4) is 0 Å². The predicted molar refractivity (Wildman–Crippen MR) is 67.8 cm³/mol. The molecule has 3 aromatic rings. The Morgan fingerprint density at radius 1 is 0.941 bits per heavy atom. The highest BCUT2D eigenvalue weighted by Crippen LogP contribution is 2.26. The van der Waals surface area contributed by atoms with Crippen molar-refractivity contribution in [2.45, 2.75) is 0 Å². The summed E-state index contributed by atoms with van der Waals surface area (Å²) in [7, 11) is 0. The van der Waals surface area contributed by atoms with Gasteiger partial charge in [0.25, 0.3) is 0 Å². The Hall–Kier alpha value is -2.00. The summed E-state index contributed by atoms with van der Waals surface area (Å²) in [6.45, 7) is 0. The standard InChI is InChI=1S/C13H8ClN3/c14-13-16-11-8-15-7-6-10(11)12(17-13)9-4-2-1-3-5-9/h1-8H. The summed E-state index contributed by atoms with van der Waals surface area (Å²) < 4.78 is 0. The lowest BCUT2D eigenvalue weighted by Gasteiger charge is -2.05. The topological polar surface area (TPSA) is 38.7 Å². The lowest BCUT2D eigenvalue weighted by molar-refractivity contribution is 1.21. The van der Waals surface area contributed by atoms with Crippen LogP contribution in [0.4, 0.5) is 0 Å². The molecule has 0 fully saturated rings. The van der Waals surface area contributed by atoms with Gasteiger partial charge in [-0.15, -0.1) is 0 Å². The predicted octanol–water partition coefficient (Wildman–Crippen LogP) is 3.35. The molecule has 3 rings (SSSR count). The van der Waals surface area contributed by atoms with E-state index in [2.05, 4.69) is 15.0 Å². The second kappa shape index (κ2) is 4.11. The Morgan fingerprint density at radius 2 is 1.76 bits per heavy atom. The van der Waals surface area contributed by atoms with Gasteiger partial charge in [-0.3, -0.25) is 4.98 Å². The lowest BCUT2D eigenvalue weighted by atomic mass is 10.1. The van der Waals surface area contributed by atoms with Gasteiger partial charge in [-0.2, -0.15) is 0 Å². The fraction of sp³-hybridized carbons (Fsp3) is 0. The van der Waals surface area contributed by atoms with Crippen LogP contribution in [0.2, 0.25) is 5.28 Å². The van der Waals surface area contributed by atoms with E-state index >= 15 is 0 Å². The third-order valence-electron chi connectivity index (χ3n) is 2.52. The van der Waals surface area contributed by atoms with Crippen molar-refractivity contribution in [1.29, 1.82) is 0 Å². The molecule has 17 heavy (non-hydrogen) atoms. The molecule has 0 spiro atoms. The molecule has 0 bridgehead atoms. The average Bonchev–Trinajstić information content (AvgIpc) is 2.39. The number of rotatable bonds is 1. The Balaban J connectivity index is 2.36. The van der Waals surface area contributed by atoms with Gasteiger partial charge in [0.05, 0.1) is 17.4 Å². The van der Waals surface area contributed by atoms with Gasteiger partial charge in [0.1, 0.15) is 0 Å². The number of hydrogen-bond donors (Lipinski definition) is 0. The van der Waals surface area contributed by atoms with E-state index in [9.17, 15) is 0 Å². The normalized spacial score (nSPS) is 10.6. The van der Waals surface area contributed by atoms with Crippen molar-refractivity contribution in [3.8, 4) is 11.3 Å². The third kappa shape index (κ3) is 1.85. The van der Waals surface area contributed by atoms with Crippen LogP contribution >= 0.6 is 11.6 Å². The zero-order valence-electron chi connectivity index (χ0n) is 8.84. The molecule has 0 saturated carbocycles. The number of nitrogens with zero attached hydrogens (tertiary/aromatic N) is 3. The highest BCUT2D eigenvalue weighted by Gasteiger charge is 2.07. The lowest BCUT2D eigenvalue weighted by Crippen LogP contribution is -1.91. The van der Waals surface area contributed by atoms with Crippen molar-refractivity contribution < 1.29 is 0 Å². The summed E-state index contributed by atoms with van der Waals surface area (Å²) in [5.74, 6) is 0. The molecule has 3 nitrogen and oxygen atoms in total. The molecule has 0 unspecified atom stereocenters. The first-order valence-electron chi connectivity index (χ1n) is 5.17. The van der Waals surface area contributed by atoms with Crippen LogP contribution < -0.4 is 0 Å². The summed E-state index contributed by atoms with van der Waals surface area (Å²) in [5, 5.41) is 1.19. The number of aromatic nitrogens is 3. The Kier molecular flexibility index (Phi) is 2.46. The van der Waals surface area contributed by atoms with E-state index in [0.29, 0.717) is 0 Å². The molecular formula is C13H8ClN3.